The summed E-state index contributed by atoms with van der Waals surface area (Å²) in [6, 6.07) is 6.04. The number of aromatic hydroxyl groups is 1. The van der Waals surface area contributed by atoms with E-state index in [1.54, 1.807) is 12.1 Å². The summed E-state index contributed by atoms with van der Waals surface area (Å²) < 4.78 is 4.75. The van der Waals surface area contributed by atoms with Crippen LogP contribution in [0.1, 0.15) is 31.8 Å². The van der Waals surface area contributed by atoms with Crippen LogP contribution in [0.25, 0.3) is 0 Å². The molecule has 0 saturated carbocycles. The quantitative estimate of drug-likeness (QED) is 0.365. The summed E-state index contributed by atoms with van der Waals surface area (Å²) in [4.78, 5) is 52.9. The number of aliphatic hydroxyl groups is 1. The lowest BCUT2D eigenvalue weighted by Gasteiger charge is -2.24. The molecule has 1 aliphatic carbocycles. The molecule has 2 aliphatic rings. The van der Waals surface area contributed by atoms with E-state index in [4.69, 9.17) is 27.9 Å². The van der Waals surface area contributed by atoms with Gasteiger partial charge in [0.2, 0.25) is 0 Å². The molecule has 0 radical (unpaired) electrons. The summed E-state index contributed by atoms with van der Waals surface area (Å²) in [5, 5.41) is 21.8. The highest BCUT2D eigenvalue weighted by Crippen LogP contribution is 2.47. The third-order valence-corrected chi connectivity index (χ3v) is 6.27. The highest BCUT2D eigenvalue weighted by molar-refractivity contribution is 6.47. The highest BCUT2D eigenvalue weighted by atomic mass is 35.5. The molecule has 0 atom stereocenters. The van der Waals surface area contributed by atoms with E-state index >= 15 is 0 Å². The molecule has 3 N–H and O–H groups in total. The Bertz CT molecular complexity index is 1290. The van der Waals surface area contributed by atoms with Gasteiger partial charge in [0, 0.05) is 17.7 Å². The van der Waals surface area contributed by atoms with Gasteiger partial charge in [-0.3, -0.25) is 14.4 Å². The number of carbonyl (C=O) groups excluding carboxylic acids is 4. The van der Waals surface area contributed by atoms with Crippen molar-refractivity contribution in [2.45, 2.75) is 0 Å². The van der Waals surface area contributed by atoms with Crippen molar-refractivity contribution in [2.24, 2.45) is 0 Å². The third kappa shape index (κ3) is 3.45. The molecule has 1 amide bonds. The van der Waals surface area contributed by atoms with Gasteiger partial charge in [-0.05, 0) is 0 Å². The number of benzene rings is 2. The van der Waals surface area contributed by atoms with Crippen molar-refractivity contribution in [3.05, 3.63) is 67.8 Å². The largest absolute Gasteiger partial charge is 0.506 e. The van der Waals surface area contributed by atoms with Crippen LogP contribution in [0.2, 0.25) is 10.0 Å². The number of carbonyl (C=O) groups is 4. The smallest absolute Gasteiger partial charge is 0.337 e. The molecule has 0 unspecified atom stereocenters. The van der Waals surface area contributed by atoms with Crippen LogP contribution >= 0.6 is 23.2 Å². The number of nitrogens with one attached hydrogen (secondary N) is 1. The number of phenols is 1. The first-order valence-corrected chi connectivity index (χ1v) is 10.4. The zero-order valence-corrected chi connectivity index (χ0v) is 18.6. The molecule has 1 heterocycles. The number of rotatable bonds is 5. The van der Waals surface area contributed by atoms with Gasteiger partial charge in [-0.2, -0.15) is 0 Å². The fourth-order valence-corrected chi connectivity index (χ4v) is 4.28. The molecule has 0 saturated heterocycles. The average Bonchev–Trinajstić information content (AvgIpc) is 3.12. The van der Waals surface area contributed by atoms with Crippen LogP contribution in [-0.2, 0) is 14.3 Å². The SMILES string of the molecule is COC(=O)C1=C(Nc2c(Cl)c(Cl)c(O)c3c2C(=O)c2ccccc2C3=O)C(=O)N(CCO)C1. The molecule has 0 fully saturated rings. The molecule has 4 rings (SSSR count). The highest BCUT2D eigenvalue weighted by Gasteiger charge is 2.40. The first-order chi connectivity index (χ1) is 15.7. The van der Waals surface area contributed by atoms with Gasteiger partial charge in [0.1, 0.15) is 16.5 Å². The Labute approximate surface area is 197 Å². The number of β-amino-alcohol motifs (C(OH)–C–C–N with tert-alkyl or cyclic N) is 1. The van der Waals surface area contributed by atoms with E-state index in [1.807, 2.05) is 0 Å². The first kappa shape index (κ1) is 22.8. The van der Waals surface area contributed by atoms with Gasteiger partial charge in [-0.15, -0.1) is 0 Å². The van der Waals surface area contributed by atoms with Gasteiger partial charge in [0.15, 0.2) is 11.6 Å². The molecular weight excluding hydrogens is 475 g/mol. The van der Waals surface area contributed by atoms with E-state index in [9.17, 15) is 29.4 Å². The topological polar surface area (TPSA) is 133 Å². The van der Waals surface area contributed by atoms with E-state index in [0.29, 0.717) is 0 Å². The maximum atomic E-state index is 13.3. The van der Waals surface area contributed by atoms with Crippen LogP contribution in [0.3, 0.4) is 0 Å². The molecule has 33 heavy (non-hydrogen) atoms. The zero-order valence-electron chi connectivity index (χ0n) is 17.1. The van der Waals surface area contributed by atoms with Crippen molar-refractivity contribution in [2.75, 3.05) is 32.1 Å². The van der Waals surface area contributed by atoms with Crippen molar-refractivity contribution in [3.8, 4) is 5.75 Å². The second-order valence-electron chi connectivity index (χ2n) is 7.23. The summed E-state index contributed by atoms with van der Waals surface area (Å²) >= 11 is 12.5. The van der Waals surface area contributed by atoms with Crippen molar-refractivity contribution in [1.29, 1.82) is 0 Å². The summed E-state index contributed by atoms with van der Waals surface area (Å²) in [5.41, 5.74) is -1.02. The average molecular weight is 491 g/mol. The van der Waals surface area contributed by atoms with E-state index < -0.39 is 34.2 Å². The number of fused-ring (bicyclic) bond motifs is 2. The molecule has 9 nitrogen and oxygen atoms in total. The summed E-state index contributed by atoms with van der Waals surface area (Å²) in [6.45, 7) is -0.564. The van der Waals surface area contributed by atoms with E-state index in [1.165, 1.54) is 17.0 Å². The standard InChI is InChI=1S/C22H16Cl2N2O7/c1-33-22(32)11-8-26(6-7-27)21(31)16(11)25-17-12-13(20(30)15(24)14(17)23)19(29)10-5-3-2-4-9(10)18(12)28/h2-5,25,27,30H,6-8H2,1H3. The van der Waals surface area contributed by atoms with E-state index in [-0.39, 0.29) is 63.9 Å². The number of methoxy groups -OCH3 is 1. The number of aliphatic hydroxyl groups excluding tert-OH is 1. The van der Waals surface area contributed by atoms with Crippen LogP contribution in [0.15, 0.2) is 35.5 Å². The number of halogens is 2. The second kappa shape index (κ2) is 8.51. The Morgan fingerprint density at radius 2 is 1.70 bits per heavy atom. The Morgan fingerprint density at radius 3 is 2.27 bits per heavy atom. The fraction of sp³-hybridized carbons (Fsp3) is 0.182. The fourth-order valence-electron chi connectivity index (χ4n) is 3.86. The number of phenolic OH excluding ortho intramolecular Hbond substituents is 1. The van der Waals surface area contributed by atoms with Crippen molar-refractivity contribution >= 4 is 52.3 Å². The lowest BCUT2D eigenvalue weighted by molar-refractivity contribution is -0.136. The molecule has 0 aromatic heterocycles. The van der Waals surface area contributed by atoms with Crippen LogP contribution in [0, 0.1) is 0 Å². The number of ketones is 2. The molecular formula is C22H16Cl2N2O7. The third-order valence-electron chi connectivity index (χ3n) is 5.43. The lowest BCUT2D eigenvalue weighted by atomic mass is 9.82. The zero-order chi connectivity index (χ0) is 24.0. The summed E-state index contributed by atoms with van der Waals surface area (Å²) in [7, 11) is 1.14. The molecule has 11 heteroatoms. The first-order valence-electron chi connectivity index (χ1n) is 9.63. The van der Waals surface area contributed by atoms with E-state index in [2.05, 4.69) is 5.32 Å². The minimum absolute atomic E-state index is 0.0581. The van der Waals surface area contributed by atoms with Gasteiger partial charge in [-0.25, -0.2) is 4.79 Å². The van der Waals surface area contributed by atoms with Gasteiger partial charge >= 0.3 is 5.97 Å². The minimum atomic E-state index is -0.811. The molecule has 1 aliphatic heterocycles. The predicted octanol–water partition coefficient (Wildman–Crippen LogP) is 2.15. The van der Waals surface area contributed by atoms with Gasteiger partial charge in [-0.1, -0.05) is 47.5 Å². The predicted molar refractivity (Wildman–Crippen MR) is 118 cm³/mol. The Morgan fingerprint density at radius 1 is 1.09 bits per heavy atom. The van der Waals surface area contributed by atoms with Gasteiger partial charge in [0.25, 0.3) is 5.91 Å². The minimum Gasteiger partial charge on any atom is -0.506 e. The van der Waals surface area contributed by atoms with Crippen LogP contribution in [0.4, 0.5) is 5.69 Å². The van der Waals surface area contributed by atoms with Crippen molar-refractivity contribution in [3.63, 3.8) is 0 Å². The van der Waals surface area contributed by atoms with Crippen LogP contribution in [0.5, 0.6) is 5.75 Å². The summed E-state index contributed by atoms with van der Waals surface area (Å²) in [6.07, 6.45) is 0. The molecule has 2 aromatic carbocycles. The number of esters is 1. The second-order valence-corrected chi connectivity index (χ2v) is 7.98. The van der Waals surface area contributed by atoms with Crippen LogP contribution < -0.4 is 5.32 Å². The number of amides is 1. The number of nitrogens with zero attached hydrogens (tertiary/aromatic N) is 1. The maximum Gasteiger partial charge on any atom is 0.337 e. The summed E-state index contributed by atoms with van der Waals surface area (Å²) in [5.74, 6) is -3.42. The number of ether oxygens (including phenoxy) is 1. The molecule has 0 bridgehead atoms. The van der Waals surface area contributed by atoms with Crippen molar-refractivity contribution < 1.29 is 34.1 Å². The molecule has 2 aromatic rings. The molecule has 170 valence electrons. The van der Waals surface area contributed by atoms with Crippen LogP contribution in [-0.4, -0.2) is 65.4 Å². The Balaban J connectivity index is 1.93. The molecule has 0 spiro atoms. The monoisotopic (exact) mass is 490 g/mol. The number of hydrogen-bond donors (Lipinski definition) is 3. The number of anilines is 1. The lowest BCUT2D eigenvalue weighted by Crippen LogP contribution is -2.31. The Hall–Kier alpha value is -3.40. The maximum absolute atomic E-state index is 13.3. The van der Waals surface area contributed by atoms with Crippen molar-refractivity contribution in [1.82, 2.24) is 4.90 Å². The normalized spacial score (nSPS) is 15.0. The Kier molecular flexibility index (Phi) is 5.87. The number of hydrogen-bond acceptors (Lipinski definition) is 8. The van der Waals surface area contributed by atoms with Gasteiger partial charge < -0.3 is 25.2 Å². The van der Waals surface area contributed by atoms with Gasteiger partial charge in [0.05, 0.1) is 47.7 Å². The van der Waals surface area contributed by atoms with E-state index in [0.717, 1.165) is 7.11 Å².